The Bertz CT molecular complexity index is 1290. The molecule has 0 radical (unpaired) electrons. The highest BCUT2D eigenvalue weighted by molar-refractivity contribution is 7.92. The molecule has 3 rings (SSSR count). The first kappa shape index (κ1) is 20.7. The van der Waals surface area contributed by atoms with E-state index in [1.165, 1.54) is 4.57 Å². The predicted octanol–water partition coefficient (Wildman–Crippen LogP) is 3.00. The van der Waals surface area contributed by atoms with Crippen LogP contribution in [0.4, 0.5) is 11.4 Å². The zero-order chi connectivity index (χ0) is 21.2. The largest absolute Gasteiger partial charge is 0.332 e. The number of rotatable bonds is 6. The molecule has 0 bridgehead atoms. The molecule has 0 atom stereocenters. The molecule has 8 nitrogen and oxygen atoms in total. The molecular formula is C19H20N4O4S2. The molecular weight excluding hydrogens is 412 g/mol. The summed E-state index contributed by atoms with van der Waals surface area (Å²) in [6.45, 7) is 1.79. The molecule has 0 saturated heterocycles. The summed E-state index contributed by atoms with van der Waals surface area (Å²) in [5, 5.41) is 3.17. The number of anilines is 2. The number of aromatic nitrogens is 2. The maximum atomic E-state index is 12.5. The Balaban J connectivity index is 1.79. The Kier molecular flexibility index (Phi) is 5.85. The van der Waals surface area contributed by atoms with Gasteiger partial charge in [-0.25, -0.2) is 8.42 Å². The molecule has 1 amide bonds. The van der Waals surface area contributed by atoms with Crippen LogP contribution in [0.3, 0.4) is 0 Å². The topological polar surface area (TPSA) is 113 Å². The summed E-state index contributed by atoms with van der Waals surface area (Å²) in [6, 6.07) is 11.0. The van der Waals surface area contributed by atoms with Crippen LogP contribution in [0.1, 0.15) is 23.7 Å². The van der Waals surface area contributed by atoms with E-state index in [-0.39, 0.29) is 22.0 Å². The summed E-state index contributed by atoms with van der Waals surface area (Å²) < 4.78 is 27.7. The summed E-state index contributed by atoms with van der Waals surface area (Å²) >= 11 is 5.11. The first-order valence-electron chi connectivity index (χ1n) is 8.85. The second kappa shape index (κ2) is 8.18. The Morgan fingerprint density at radius 3 is 2.45 bits per heavy atom. The Morgan fingerprint density at radius 1 is 1.14 bits per heavy atom. The molecule has 152 valence electrons. The van der Waals surface area contributed by atoms with Crippen molar-refractivity contribution in [2.75, 3.05) is 15.8 Å². The van der Waals surface area contributed by atoms with Gasteiger partial charge < -0.3 is 10.3 Å². The Hall–Kier alpha value is -2.98. The van der Waals surface area contributed by atoms with Crippen molar-refractivity contribution in [3.63, 3.8) is 0 Å². The number of amides is 1. The Labute approximate surface area is 172 Å². The van der Waals surface area contributed by atoms with Gasteiger partial charge in [-0.3, -0.25) is 18.9 Å². The van der Waals surface area contributed by atoms with E-state index in [0.29, 0.717) is 34.3 Å². The average molecular weight is 433 g/mol. The van der Waals surface area contributed by atoms with E-state index in [1.54, 1.807) is 56.4 Å². The number of fused-ring (bicyclic) bond motifs is 1. The number of aromatic amines is 1. The number of carbonyl (C=O) groups is 1. The fourth-order valence-electron chi connectivity index (χ4n) is 2.77. The molecule has 0 aliphatic rings. The van der Waals surface area contributed by atoms with E-state index < -0.39 is 10.0 Å². The van der Waals surface area contributed by atoms with Gasteiger partial charge in [0.2, 0.25) is 10.0 Å². The van der Waals surface area contributed by atoms with Crippen LogP contribution in [0.25, 0.3) is 10.9 Å². The summed E-state index contributed by atoms with van der Waals surface area (Å²) in [7, 11) is -1.79. The molecule has 1 heterocycles. The number of nitrogens with one attached hydrogen (secondary N) is 3. The second-order valence-corrected chi connectivity index (χ2v) is 8.74. The van der Waals surface area contributed by atoms with Gasteiger partial charge in [0.05, 0.1) is 16.7 Å². The SMILES string of the molecule is CCCS(=O)(=O)Nc1ccc(NC(=O)c2ccc3c(=O)n(C)c(=S)[nH]c3c2)cc1. The van der Waals surface area contributed by atoms with E-state index in [9.17, 15) is 18.0 Å². The van der Waals surface area contributed by atoms with Gasteiger partial charge >= 0.3 is 0 Å². The molecule has 0 spiro atoms. The van der Waals surface area contributed by atoms with Crippen LogP contribution in [0, 0.1) is 4.77 Å². The molecule has 0 aliphatic heterocycles. The molecule has 1 aromatic heterocycles. The van der Waals surface area contributed by atoms with E-state index in [4.69, 9.17) is 12.2 Å². The first-order chi connectivity index (χ1) is 13.7. The van der Waals surface area contributed by atoms with E-state index in [2.05, 4.69) is 15.0 Å². The minimum absolute atomic E-state index is 0.0413. The molecule has 0 saturated carbocycles. The van der Waals surface area contributed by atoms with Crippen LogP contribution in [0.5, 0.6) is 0 Å². The normalized spacial score (nSPS) is 11.4. The van der Waals surface area contributed by atoms with Gasteiger partial charge in [-0.1, -0.05) is 6.92 Å². The van der Waals surface area contributed by atoms with Crippen molar-refractivity contribution in [3.8, 4) is 0 Å². The smallest absolute Gasteiger partial charge is 0.261 e. The number of H-pyrrole nitrogens is 1. The maximum absolute atomic E-state index is 12.5. The van der Waals surface area contributed by atoms with Crippen molar-refractivity contribution in [2.24, 2.45) is 7.05 Å². The lowest BCUT2D eigenvalue weighted by Crippen LogP contribution is -2.19. The molecule has 3 aromatic rings. The van der Waals surface area contributed by atoms with E-state index >= 15 is 0 Å². The number of hydrogen-bond donors (Lipinski definition) is 3. The van der Waals surface area contributed by atoms with Crippen molar-refractivity contribution in [2.45, 2.75) is 13.3 Å². The van der Waals surface area contributed by atoms with Gasteiger partial charge in [0, 0.05) is 24.0 Å². The van der Waals surface area contributed by atoms with Gasteiger partial charge in [0.15, 0.2) is 4.77 Å². The molecule has 2 aromatic carbocycles. The van der Waals surface area contributed by atoms with Gasteiger partial charge in [-0.05, 0) is 61.1 Å². The molecule has 29 heavy (non-hydrogen) atoms. The molecule has 0 fully saturated rings. The molecule has 3 N–H and O–H groups in total. The van der Waals surface area contributed by atoms with Crippen molar-refractivity contribution in [3.05, 3.63) is 63.2 Å². The standard InChI is InChI=1S/C19H20N4O4S2/c1-3-10-29(26,27)22-14-7-5-13(6-8-14)20-17(24)12-4-9-15-16(11-12)21-19(28)23(2)18(15)25/h4-9,11,22H,3,10H2,1-2H3,(H,20,24)(H,21,28). The van der Waals surface area contributed by atoms with E-state index in [0.717, 1.165) is 0 Å². The lowest BCUT2D eigenvalue weighted by atomic mass is 10.1. The highest BCUT2D eigenvalue weighted by atomic mass is 32.2. The highest BCUT2D eigenvalue weighted by Gasteiger charge is 2.11. The average Bonchev–Trinajstić information content (AvgIpc) is 2.67. The monoisotopic (exact) mass is 432 g/mol. The predicted molar refractivity (Wildman–Crippen MR) is 116 cm³/mol. The minimum atomic E-state index is -3.37. The van der Waals surface area contributed by atoms with Crippen LogP contribution in [-0.2, 0) is 17.1 Å². The second-order valence-electron chi connectivity index (χ2n) is 6.51. The first-order valence-corrected chi connectivity index (χ1v) is 10.9. The Morgan fingerprint density at radius 2 is 1.79 bits per heavy atom. The zero-order valence-electron chi connectivity index (χ0n) is 15.9. The summed E-state index contributed by atoms with van der Waals surface area (Å²) in [6.07, 6.45) is 0.520. The zero-order valence-corrected chi connectivity index (χ0v) is 17.5. The number of benzene rings is 2. The number of sulfonamides is 1. The fourth-order valence-corrected chi connectivity index (χ4v) is 4.10. The lowest BCUT2D eigenvalue weighted by Gasteiger charge is -2.09. The molecule has 0 unspecified atom stereocenters. The highest BCUT2D eigenvalue weighted by Crippen LogP contribution is 2.17. The van der Waals surface area contributed by atoms with Gasteiger partial charge in [0.25, 0.3) is 11.5 Å². The van der Waals surface area contributed by atoms with Crippen LogP contribution >= 0.6 is 12.2 Å². The minimum Gasteiger partial charge on any atom is -0.332 e. The van der Waals surface area contributed by atoms with Crippen LogP contribution in [0.2, 0.25) is 0 Å². The third-order valence-electron chi connectivity index (χ3n) is 4.25. The molecule has 0 aliphatic carbocycles. The van der Waals surface area contributed by atoms with Gasteiger partial charge in [-0.15, -0.1) is 0 Å². The van der Waals surface area contributed by atoms with Crippen molar-refractivity contribution < 1.29 is 13.2 Å². The lowest BCUT2D eigenvalue weighted by molar-refractivity contribution is 0.102. The number of carbonyl (C=O) groups excluding carboxylic acids is 1. The van der Waals surface area contributed by atoms with Crippen molar-refractivity contribution in [1.82, 2.24) is 9.55 Å². The molecule has 10 heteroatoms. The number of nitrogens with zero attached hydrogens (tertiary/aromatic N) is 1. The van der Waals surface area contributed by atoms with Crippen LogP contribution in [-0.4, -0.2) is 29.6 Å². The quantitative estimate of drug-likeness (QED) is 0.518. The van der Waals surface area contributed by atoms with Crippen molar-refractivity contribution in [1.29, 1.82) is 0 Å². The fraction of sp³-hybridized carbons (Fsp3) is 0.211. The third kappa shape index (κ3) is 4.72. The van der Waals surface area contributed by atoms with Crippen LogP contribution in [0.15, 0.2) is 47.3 Å². The number of hydrogen-bond acceptors (Lipinski definition) is 5. The van der Waals surface area contributed by atoms with Gasteiger partial charge in [-0.2, -0.15) is 0 Å². The summed E-state index contributed by atoms with van der Waals surface area (Å²) in [4.78, 5) is 27.7. The van der Waals surface area contributed by atoms with E-state index in [1.807, 2.05) is 0 Å². The maximum Gasteiger partial charge on any atom is 0.261 e. The summed E-state index contributed by atoms with van der Waals surface area (Å²) in [5.74, 6) is -0.328. The van der Waals surface area contributed by atoms with Crippen molar-refractivity contribution >= 4 is 50.4 Å². The summed E-state index contributed by atoms with van der Waals surface area (Å²) in [5.41, 5.74) is 1.52. The van der Waals surface area contributed by atoms with Gasteiger partial charge in [0.1, 0.15) is 0 Å². The third-order valence-corrected chi connectivity index (χ3v) is 6.12. The van der Waals surface area contributed by atoms with Crippen LogP contribution < -0.4 is 15.6 Å².